The van der Waals surface area contributed by atoms with Crippen molar-refractivity contribution in [1.82, 2.24) is 9.88 Å². The van der Waals surface area contributed by atoms with E-state index in [-0.39, 0.29) is 24.8 Å². The minimum Gasteiger partial charge on any atom is -0.336 e. The molecule has 3 rings (SSSR count). The Morgan fingerprint density at radius 3 is 2.77 bits per heavy atom. The lowest BCUT2D eigenvalue weighted by atomic mass is 10.3. The summed E-state index contributed by atoms with van der Waals surface area (Å²) in [6, 6.07) is 9.35. The first-order valence-electron chi connectivity index (χ1n) is 7.78. The number of likely N-dealkylation sites (N-methyl/N-ethyl adjacent to an activating group) is 1. The molecule has 1 N–H and O–H groups in total. The highest BCUT2D eigenvalue weighted by molar-refractivity contribution is 9.10. The van der Waals surface area contributed by atoms with Crippen LogP contribution in [0.15, 0.2) is 50.9 Å². The Kier molecular flexibility index (Phi) is 6.18. The molecule has 0 fully saturated rings. The number of nitrogens with one attached hydrogen (secondary N) is 1. The van der Waals surface area contributed by atoms with E-state index in [9.17, 15) is 9.59 Å². The van der Waals surface area contributed by atoms with E-state index in [2.05, 4.69) is 26.2 Å². The predicted octanol–water partition coefficient (Wildman–Crippen LogP) is 4.27. The monoisotopic (exact) mass is 449 g/mol. The molecule has 1 aromatic carbocycles. The lowest BCUT2D eigenvalue weighted by Crippen LogP contribution is -2.35. The molecule has 0 aliphatic rings. The standard InChI is InChI=1S/C18H16BrN3O2S2/c1-22(9-16(23)21-15-5-3-2-4-14(15)19)17(24)8-13-11-26-18(20-13)12-6-7-25-10-12/h2-7,10-11H,8-9H2,1H3,(H,21,23). The fourth-order valence-corrected chi connectivity index (χ4v) is 4.17. The molecule has 0 aliphatic carbocycles. The van der Waals surface area contributed by atoms with Crippen LogP contribution in [0.5, 0.6) is 0 Å². The van der Waals surface area contributed by atoms with Gasteiger partial charge in [-0.15, -0.1) is 11.3 Å². The maximum Gasteiger partial charge on any atom is 0.244 e. The highest BCUT2D eigenvalue weighted by Crippen LogP contribution is 2.26. The summed E-state index contributed by atoms with van der Waals surface area (Å²) in [6.45, 7) is -0.0122. The van der Waals surface area contributed by atoms with Crippen molar-refractivity contribution in [2.24, 2.45) is 0 Å². The lowest BCUT2D eigenvalue weighted by molar-refractivity contribution is -0.132. The van der Waals surface area contributed by atoms with Crippen molar-refractivity contribution in [3.05, 3.63) is 56.6 Å². The van der Waals surface area contributed by atoms with Crippen molar-refractivity contribution in [1.29, 1.82) is 0 Å². The summed E-state index contributed by atoms with van der Waals surface area (Å²) >= 11 is 6.51. The summed E-state index contributed by atoms with van der Waals surface area (Å²) in [5.41, 5.74) is 2.47. The number of carbonyl (C=O) groups is 2. The summed E-state index contributed by atoms with van der Waals surface area (Å²) < 4.78 is 0.797. The van der Waals surface area contributed by atoms with Crippen LogP contribution in [0.2, 0.25) is 0 Å². The second-order valence-corrected chi connectivity index (χ2v) is 8.10. The second-order valence-electron chi connectivity index (χ2n) is 5.61. The molecule has 5 nitrogen and oxygen atoms in total. The molecule has 2 aromatic heterocycles. The van der Waals surface area contributed by atoms with Crippen molar-refractivity contribution in [2.75, 3.05) is 18.9 Å². The number of anilines is 1. The van der Waals surface area contributed by atoms with Crippen molar-refractivity contribution < 1.29 is 9.59 Å². The third-order valence-corrected chi connectivity index (χ3v) is 5.92. The molecule has 0 unspecified atom stereocenters. The number of hydrogen-bond donors (Lipinski definition) is 1. The van der Waals surface area contributed by atoms with Crippen molar-refractivity contribution >= 4 is 56.1 Å². The molecule has 26 heavy (non-hydrogen) atoms. The fourth-order valence-electron chi connectivity index (χ4n) is 2.25. The number of carbonyl (C=O) groups excluding carboxylic acids is 2. The van der Waals surface area contributed by atoms with Crippen LogP contribution >= 0.6 is 38.6 Å². The van der Waals surface area contributed by atoms with Crippen molar-refractivity contribution in [2.45, 2.75) is 6.42 Å². The van der Waals surface area contributed by atoms with Gasteiger partial charge in [0.25, 0.3) is 0 Å². The molecule has 0 saturated carbocycles. The number of aromatic nitrogens is 1. The van der Waals surface area contributed by atoms with E-state index in [1.54, 1.807) is 24.5 Å². The van der Waals surface area contributed by atoms with Crippen LogP contribution in [0, 0.1) is 0 Å². The van der Waals surface area contributed by atoms with E-state index in [1.165, 1.54) is 16.2 Å². The summed E-state index contributed by atoms with van der Waals surface area (Å²) in [5.74, 6) is -0.389. The summed E-state index contributed by atoms with van der Waals surface area (Å²) in [4.78, 5) is 30.4. The Labute approximate surface area is 167 Å². The normalized spacial score (nSPS) is 10.5. The third kappa shape index (κ3) is 4.78. The molecule has 0 aliphatic heterocycles. The van der Waals surface area contributed by atoms with Crippen LogP contribution in [-0.4, -0.2) is 35.3 Å². The molecule has 3 aromatic rings. The van der Waals surface area contributed by atoms with E-state index < -0.39 is 0 Å². The topological polar surface area (TPSA) is 62.3 Å². The molecule has 0 bridgehead atoms. The molecule has 0 saturated heterocycles. The average Bonchev–Trinajstić information content (AvgIpc) is 3.28. The number of para-hydroxylation sites is 1. The van der Waals surface area contributed by atoms with Gasteiger partial charge in [-0.05, 0) is 39.5 Å². The number of thiophene rings is 1. The van der Waals surface area contributed by atoms with E-state index in [4.69, 9.17) is 0 Å². The van der Waals surface area contributed by atoms with Crippen LogP contribution in [0.1, 0.15) is 5.69 Å². The minimum atomic E-state index is -0.245. The van der Waals surface area contributed by atoms with Crippen LogP contribution in [-0.2, 0) is 16.0 Å². The zero-order valence-corrected chi connectivity index (χ0v) is 17.2. The van der Waals surface area contributed by atoms with Crippen LogP contribution < -0.4 is 5.32 Å². The minimum absolute atomic E-state index is 0.0122. The van der Waals surface area contributed by atoms with E-state index in [0.29, 0.717) is 5.69 Å². The highest BCUT2D eigenvalue weighted by atomic mass is 79.9. The molecule has 0 atom stereocenters. The number of hydrogen-bond acceptors (Lipinski definition) is 5. The zero-order valence-electron chi connectivity index (χ0n) is 13.9. The molecule has 2 heterocycles. The maximum atomic E-state index is 12.4. The Balaban J connectivity index is 1.54. The second kappa shape index (κ2) is 8.57. The molecular weight excluding hydrogens is 434 g/mol. The number of rotatable bonds is 6. The smallest absolute Gasteiger partial charge is 0.244 e. The largest absolute Gasteiger partial charge is 0.336 e. The number of nitrogens with zero attached hydrogens (tertiary/aromatic N) is 2. The first-order chi connectivity index (χ1) is 12.5. The van der Waals surface area contributed by atoms with Gasteiger partial charge in [0.1, 0.15) is 5.01 Å². The SMILES string of the molecule is CN(CC(=O)Nc1ccccc1Br)C(=O)Cc1csc(-c2ccsc2)n1. The average molecular weight is 450 g/mol. The van der Waals surface area contributed by atoms with Gasteiger partial charge in [-0.3, -0.25) is 9.59 Å². The Bertz CT molecular complexity index is 909. The number of halogens is 1. The highest BCUT2D eigenvalue weighted by Gasteiger charge is 2.16. The summed E-state index contributed by atoms with van der Waals surface area (Å²) in [6.07, 6.45) is 0.180. The van der Waals surface area contributed by atoms with E-state index in [0.717, 1.165) is 20.7 Å². The Morgan fingerprint density at radius 2 is 2.04 bits per heavy atom. The number of thiazole rings is 1. The van der Waals surface area contributed by atoms with Crippen molar-refractivity contribution in [3.8, 4) is 10.6 Å². The van der Waals surface area contributed by atoms with Gasteiger partial charge in [-0.25, -0.2) is 4.98 Å². The van der Waals surface area contributed by atoms with E-state index in [1.807, 2.05) is 40.4 Å². The van der Waals surface area contributed by atoms with Crippen LogP contribution in [0.25, 0.3) is 10.6 Å². The zero-order chi connectivity index (χ0) is 18.5. The molecule has 8 heteroatoms. The van der Waals surface area contributed by atoms with Gasteiger partial charge >= 0.3 is 0 Å². The third-order valence-electron chi connectivity index (χ3n) is 3.61. The van der Waals surface area contributed by atoms with Crippen LogP contribution in [0.3, 0.4) is 0 Å². The van der Waals surface area contributed by atoms with Gasteiger partial charge < -0.3 is 10.2 Å². The van der Waals surface area contributed by atoms with Gasteiger partial charge in [0.15, 0.2) is 0 Å². The maximum absolute atomic E-state index is 12.4. The number of benzene rings is 1. The molecule has 2 amide bonds. The fraction of sp³-hybridized carbons (Fsp3) is 0.167. The van der Waals surface area contributed by atoms with Gasteiger partial charge in [-0.1, -0.05) is 12.1 Å². The molecule has 0 spiro atoms. The molecular formula is C18H16BrN3O2S2. The first-order valence-corrected chi connectivity index (χ1v) is 10.4. The Hall–Kier alpha value is -2.03. The molecule has 0 radical (unpaired) electrons. The van der Waals surface area contributed by atoms with Crippen LogP contribution in [0.4, 0.5) is 5.69 Å². The van der Waals surface area contributed by atoms with Crippen molar-refractivity contribution in [3.63, 3.8) is 0 Å². The van der Waals surface area contributed by atoms with Gasteiger partial charge in [-0.2, -0.15) is 11.3 Å². The van der Waals surface area contributed by atoms with Gasteiger partial charge in [0.2, 0.25) is 11.8 Å². The van der Waals surface area contributed by atoms with E-state index >= 15 is 0 Å². The predicted molar refractivity (Wildman–Crippen MR) is 110 cm³/mol. The lowest BCUT2D eigenvalue weighted by Gasteiger charge is -2.16. The first kappa shape index (κ1) is 18.8. The summed E-state index contributed by atoms with van der Waals surface area (Å²) in [7, 11) is 1.62. The molecule has 134 valence electrons. The Morgan fingerprint density at radius 1 is 1.23 bits per heavy atom. The van der Waals surface area contributed by atoms with Gasteiger partial charge in [0, 0.05) is 27.8 Å². The number of amides is 2. The summed E-state index contributed by atoms with van der Waals surface area (Å²) in [5, 5.41) is 9.61. The quantitative estimate of drug-likeness (QED) is 0.610. The van der Waals surface area contributed by atoms with Gasteiger partial charge in [0.05, 0.1) is 24.3 Å².